The fraction of sp³-hybridized carbons (Fsp3) is 0.111. The summed E-state index contributed by atoms with van der Waals surface area (Å²) in [4.78, 5) is 18.7. The minimum atomic E-state index is 0.530. The van der Waals surface area contributed by atoms with Crippen molar-refractivity contribution in [3.63, 3.8) is 0 Å². The second-order valence-corrected chi connectivity index (χ2v) is 6.34. The van der Waals surface area contributed by atoms with Crippen LogP contribution in [0.2, 0.25) is 0 Å². The third-order valence-corrected chi connectivity index (χ3v) is 4.48. The number of nitrogens with zero attached hydrogens (tertiary/aromatic N) is 4. The molecule has 0 radical (unpaired) electrons. The van der Waals surface area contributed by atoms with Crippen molar-refractivity contribution in [3.8, 4) is 21.8 Å². The van der Waals surface area contributed by atoms with Crippen molar-refractivity contribution in [1.29, 1.82) is 0 Å². The zero-order valence-corrected chi connectivity index (χ0v) is 14.3. The van der Waals surface area contributed by atoms with E-state index in [-0.39, 0.29) is 0 Å². The van der Waals surface area contributed by atoms with Crippen molar-refractivity contribution in [3.05, 3.63) is 66.0 Å². The third-order valence-electron chi connectivity index (χ3n) is 3.60. The lowest BCUT2D eigenvalue weighted by molar-refractivity contribution is 0.490. The van der Waals surface area contributed by atoms with Gasteiger partial charge in [-0.25, -0.2) is 9.97 Å². The molecule has 0 bridgehead atoms. The van der Waals surface area contributed by atoms with E-state index >= 15 is 0 Å². The van der Waals surface area contributed by atoms with E-state index in [1.165, 1.54) is 0 Å². The molecule has 7 heteroatoms. The van der Waals surface area contributed by atoms with Gasteiger partial charge in [-0.1, -0.05) is 6.07 Å². The van der Waals surface area contributed by atoms with Gasteiger partial charge in [0.2, 0.25) is 5.95 Å². The summed E-state index contributed by atoms with van der Waals surface area (Å²) in [7, 11) is 0. The monoisotopic (exact) mass is 349 g/mol. The van der Waals surface area contributed by atoms with Crippen molar-refractivity contribution in [2.24, 2.45) is 0 Å². The van der Waals surface area contributed by atoms with Gasteiger partial charge < -0.3 is 9.73 Å². The lowest BCUT2D eigenvalue weighted by Crippen LogP contribution is -2.04. The molecule has 0 spiro atoms. The Morgan fingerprint density at radius 3 is 2.80 bits per heavy atom. The molecule has 0 saturated carbocycles. The average molecular weight is 349 g/mol. The summed E-state index contributed by atoms with van der Waals surface area (Å²) >= 11 is 1.63. The highest BCUT2D eigenvalue weighted by Gasteiger charge is 2.14. The predicted octanol–water partition coefficient (Wildman–Crippen LogP) is 4.18. The first-order valence-electron chi connectivity index (χ1n) is 7.76. The maximum atomic E-state index is 5.57. The van der Waals surface area contributed by atoms with Gasteiger partial charge in [-0.15, -0.1) is 11.3 Å². The quantitative estimate of drug-likeness (QED) is 0.582. The van der Waals surface area contributed by atoms with Crippen LogP contribution < -0.4 is 5.32 Å². The highest BCUT2D eigenvalue weighted by molar-refractivity contribution is 7.13. The molecule has 0 atom stereocenters. The van der Waals surface area contributed by atoms with Crippen molar-refractivity contribution in [1.82, 2.24) is 19.9 Å². The number of aromatic nitrogens is 4. The zero-order valence-electron chi connectivity index (χ0n) is 13.5. The van der Waals surface area contributed by atoms with Gasteiger partial charge in [-0.2, -0.15) is 0 Å². The van der Waals surface area contributed by atoms with Crippen LogP contribution >= 0.6 is 11.3 Å². The maximum Gasteiger partial charge on any atom is 0.223 e. The van der Waals surface area contributed by atoms with E-state index in [4.69, 9.17) is 9.40 Å². The second-order valence-electron chi connectivity index (χ2n) is 5.39. The van der Waals surface area contributed by atoms with E-state index in [1.54, 1.807) is 36.1 Å². The molecule has 4 heterocycles. The van der Waals surface area contributed by atoms with Gasteiger partial charge in [-0.05, 0) is 30.5 Å². The van der Waals surface area contributed by atoms with Crippen LogP contribution in [0, 0.1) is 6.92 Å². The standard InChI is InChI=1S/C18H15N5OS/c1-12-4-5-13(24-12)9-21-18-22-10-14(15-11-19-6-7-20-15)17(23-18)16-3-2-8-25-16/h2-8,10-11H,9H2,1H3,(H,21,22,23). The molecule has 0 saturated heterocycles. The molecule has 6 nitrogen and oxygen atoms in total. The number of nitrogens with one attached hydrogen (secondary N) is 1. The van der Waals surface area contributed by atoms with Gasteiger partial charge in [0.05, 0.1) is 29.0 Å². The minimum absolute atomic E-state index is 0.530. The third kappa shape index (κ3) is 3.41. The largest absolute Gasteiger partial charge is 0.465 e. The molecular weight excluding hydrogens is 334 g/mol. The number of hydrogen-bond donors (Lipinski definition) is 1. The van der Waals surface area contributed by atoms with Gasteiger partial charge in [0, 0.05) is 24.2 Å². The van der Waals surface area contributed by atoms with Gasteiger partial charge >= 0.3 is 0 Å². The van der Waals surface area contributed by atoms with Crippen LogP contribution in [0.3, 0.4) is 0 Å². The summed E-state index contributed by atoms with van der Waals surface area (Å²) in [6.07, 6.45) is 6.81. The molecule has 25 heavy (non-hydrogen) atoms. The molecule has 0 aliphatic rings. The number of hydrogen-bond acceptors (Lipinski definition) is 7. The van der Waals surface area contributed by atoms with E-state index in [1.807, 2.05) is 36.6 Å². The molecule has 4 aromatic rings. The first kappa shape index (κ1) is 15.5. The molecule has 0 fully saturated rings. The van der Waals surface area contributed by atoms with E-state index in [0.717, 1.165) is 33.3 Å². The van der Waals surface area contributed by atoms with Crippen molar-refractivity contribution in [2.75, 3.05) is 5.32 Å². The molecular formula is C18H15N5OS. The summed E-state index contributed by atoms with van der Waals surface area (Å²) < 4.78 is 5.57. The molecule has 0 aliphatic heterocycles. The molecule has 124 valence electrons. The van der Waals surface area contributed by atoms with Crippen LogP contribution in [0.5, 0.6) is 0 Å². The summed E-state index contributed by atoms with van der Waals surface area (Å²) in [6.45, 7) is 2.45. The Morgan fingerprint density at radius 1 is 1.12 bits per heavy atom. The highest BCUT2D eigenvalue weighted by Crippen LogP contribution is 2.32. The number of thiophene rings is 1. The number of furan rings is 1. The Kier molecular flexibility index (Phi) is 4.22. The Labute approximate surface area is 148 Å². The Hall–Kier alpha value is -3.06. The predicted molar refractivity (Wildman–Crippen MR) is 97.1 cm³/mol. The molecule has 0 aliphatic carbocycles. The molecule has 4 rings (SSSR count). The summed E-state index contributed by atoms with van der Waals surface area (Å²) in [6, 6.07) is 7.91. The van der Waals surface area contributed by atoms with Crippen molar-refractivity contribution < 1.29 is 4.42 Å². The Balaban J connectivity index is 1.67. The lowest BCUT2D eigenvalue weighted by Gasteiger charge is -2.09. The first-order chi connectivity index (χ1) is 12.3. The van der Waals surface area contributed by atoms with Crippen LogP contribution in [-0.2, 0) is 6.54 Å². The Bertz CT molecular complexity index is 966. The van der Waals surface area contributed by atoms with Gasteiger partial charge in [-0.3, -0.25) is 9.97 Å². The SMILES string of the molecule is Cc1ccc(CNc2ncc(-c3cnccn3)c(-c3cccs3)n2)o1. The summed E-state index contributed by atoms with van der Waals surface area (Å²) in [5.74, 6) is 2.27. The normalized spacial score (nSPS) is 10.8. The molecule has 4 aromatic heterocycles. The number of anilines is 1. The van der Waals surface area contributed by atoms with E-state index in [9.17, 15) is 0 Å². The van der Waals surface area contributed by atoms with Crippen LogP contribution in [0.15, 0.2) is 58.9 Å². The smallest absolute Gasteiger partial charge is 0.223 e. The molecule has 0 aromatic carbocycles. The fourth-order valence-electron chi connectivity index (χ4n) is 2.44. The zero-order chi connectivity index (χ0) is 17.1. The Morgan fingerprint density at radius 2 is 2.08 bits per heavy atom. The van der Waals surface area contributed by atoms with E-state index in [2.05, 4.69) is 20.3 Å². The van der Waals surface area contributed by atoms with Gasteiger partial charge in [0.15, 0.2) is 0 Å². The summed E-state index contributed by atoms with van der Waals surface area (Å²) in [5.41, 5.74) is 2.44. The maximum absolute atomic E-state index is 5.57. The van der Waals surface area contributed by atoms with Crippen molar-refractivity contribution >= 4 is 17.3 Å². The van der Waals surface area contributed by atoms with Crippen LogP contribution in [0.1, 0.15) is 11.5 Å². The van der Waals surface area contributed by atoms with Gasteiger partial charge in [0.25, 0.3) is 0 Å². The van der Waals surface area contributed by atoms with Crippen LogP contribution in [0.25, 0.3) is 21.8 Å². The lowest BCUT2D eigenvalue weighted by atomic mass is 10.1. The first-order valence-corrected chi connectivity index (χ1v) is 8.64. The number of rotatable bonds is 5. The van der Waals surface area contributed by atoms with E-state index in [0.29, 0.717) is 12.5 Å². The van der Waals surface area contributed by atoms with E-state index < -0.39 is 0 Å². The molecule has 1 N–H and O–H groups in total. The molecule has 0 unspecified atom stereocenters. The second kappa shape index (κ2) is 6.82. The van der Waals surface area contributed by atoms with Crippen molar-refractivity contribution in [2.45, 2.75) is 13.5 Å². The number of aryl methyl sites for hydroxylation is 1. The molecule has 0 amide bonds. The van der Waals surface area contributed by atoms with Crippen LogP contribution in [0.4, 0.5) is 5.95 Å². The fourth-order valence-corrected chi connectivity index (χ4v) is 3.17. The van der Waals surface area contributed by atoms with Gasteiger partial charge in [0.1, 0.15) is 11.5 Å². The average Bonchev–Trinajstić information content (AvgIpc) is 3.32. The van der Waals surface area contributed by atoms with Crippen LogP contribution in [-0.4, -0.2) is 19.9 Å². The topological polar surface area (TPSA) is 76.7 Å². The summed E-state index contributed by atoms with van der Waals surface area (Å²) in [5, 5.41) is 5.23. The highest BCUT2D eigenvalue weighted by atomic mass is 32.1. The minimum Gasteiger partial charge on any atom is -0.465 e.